The Morgan fingerprint density at radius 3 is 2.45 bits per heavy atom. The van der Waals surface area contributed by atoms with E-state index < -0.39 is 0 Å². The molecule has 0 aliphatic rings. The first-order chi connectivity index (χ1) is 14.0. The number of rotatable bonds is 7. The Balaban J connectivity index is 1.57. The van der Waals surface area contributed by atoms with Crippen LogP contribution in [0.15, 0.2) is 53.7 Å². The molecule has 1 aromatic heterocycles. The first-order valence-electron chi connectivity index (χ1n) is 8.83. The highest BCUT2D eigenvalue weighted by molar-refractivity contribution is 7.99. The number of amides is 1. The Morgan fingerprint density at radius 1 is 1.10 bits per heavy atom. The molecule has 2 aromatic carbocycles. The van der Waals surface area contributed by atoms with Crippen LogP contribution in [0.1, 0.15) is 17.3 Å². The van der Waals surface area contributed by atoms with Crippen LogP contribution in [0.2, 0.25) is 5.02 Å². The number of thioether (sulfide) groups is 1. The molecular weight excluding hydrogens is 412 g/mol. The maximum atomic E-state index is 12.2. The molecule has 0 fully saturated rings. The van der Waals surface area contributed by atoms with Crippen LogP contribution < -0.4 is 5.32 Å². The SMILES string of the molecule is CCOC(=O)c1ccc(NC(=O)CSc2nnc(-c3ccc(Cl)cc3)n2C)cc1. The van der Waals surface area contributed by atoms with E-state index in [1.165, 1.54) is 11.8 Å². The number of benzene rings is 2. The number of nitrogens with zero attached hydrogens (tertiary/aromatic N) is 3. The maximum absolute atomic E-state index is 12.2. The Kier molecular flexibility index (Phi) is 6.90. The third kappa shape index (κ3) is 5.36. The summed E-state index contributed by atoms with van der Waals surface area (Å²) in [6.07, 6.45) is 0. The number of halogens is 1. The topological polar surface area (TPSA) is 86.1 Å². The van der Waals surface area contributed by atoms with Crippen molar-refractivity contribution < 1.29 is 14.3 Å². The number of aromatic nitrogens is 3. The predicted molar refractivity (Wildman–Crippen MR) is 113 cm³/mol. The monoisotopic (exact) mass is 430 g/mol. The summed E-state index contributed by atoms with van der Waals surface area (Å²) < 4.78 is 6.76. The van der Waals surface area contributed by atoms with Crippen molar-refractivity contribution >= 4 is 40.9 Å². The van der Waals surface area contributed by atoms with Gasteiger partial charge in [-0.2, -0.15) is 0 Å². The van der Waals surface area contributed by atoms with Crippen LogP contribution in [0.5, 0.6) is 0 Å². The smallest absolute Gasteiger partial charge is 0.338 e. The molecule has 0 atom stereocenters. The molecule has 7 nitrogen and oxygen atoms in total. The van der Waals surface area contributed by atoms with Crippen LogP contribution in [-0.2, 0) is 16.6 Å². The number of hydrogen-bond donors (Lipinski definition) is 1. The zero-order valence-electron chi connectivity index (χ0n) is 15.9. The van der Waals surface area contributed by atoms with Gasteiger partial charge in [0, 0.05) is 23.3 Å². The Bertz CT molecular complexity index is 1000. The molecule has 1 N–H and O–H groups in total. The quantitative estimate of drug-likeness (QED) is 0.449. The largest absolute Gasteiger partial charge is 0.462 e. The van der Waals surface area contributed by atoms with Crippen molar-refractivity contribution in [3.8, 4) is 11.4 Å². The van der Waals surface area contributed by atoms with Gasteiger partial charge >= 0.3 is 5.97 Å². The van der Waals surface area contributed by atoms with Gasteiger partial charge < -0.3 is 14.6 Å². The van der Waals surface area contributed by atoms with E-state index in [1.54, 1.807) is 43.3 Å². The highest BCUT2D eigenvalue weighted by Crippen LogP contribution is 2.24. The standard InChI is InChI=1S/C20H19ClN4O3S/c1-3-28-19(27)14-6-10-16(11-7-14)22-17(26)12-29-20-24-23-18(25(20)2)13-4-8-15(21)9-5-13/h4-11H,3,12H2,1-2H3,(H,22,26). The van der Waals surface area contributed by atoms with Gasteiger partial charge in [-0.25, -0.2) is 4.79 Å². The van der Waals surface area contributed by atoms with E-state index in [-0.39, 0.29) is 17.6 Å². The molecule has 0 aliphatic heterocycles. The molecule has 0 aliphatic carbocycles. The molecule has 3 aromatic rings. The number of hydrogen-bond acceptors (Lipinski definition) is 6. The van der Waals surface area contributed by atoms with Crippen molar-refractivity contribution in [2.24, 2.45) is 7.05 Å². The van der Waals surface area contributed by atoms with E-state index in [9.17, 15) is 9.59 Å². The number of carbonyl (C=O) groups excluding carboxylic acids is 2. The number of nitrogens with one attached hydrogen (secondary N) is 1. The van der Waals surface area contributed by atoms with Crippen molar-refractivity contribution in [3.63, 3.8) is 0 Å². The first kappa shape index (κ1) is 20.9. The maximum Gasteiger partial charge on any atom is 0.338 e. The minimum absolute atomic E-state index is 0.173. The molecule has 0 saturated heterocycles. The third-order valence-electron chi connectivity index (χ3n) is 3.95. The van der Waals surface area contributed by atoms with Crippen molar-refractivity contribution in [1.82, 2.24) is 14.8 Å². The van der Waals surface area contributed by atoms with Crippen molar-refractivity contribution in [1.29, 1.82) is 0 Å². The Labute approximate surface area is 177 Å². The summed E-state index contributed by atoms with van der Waals surface area (Å²) in [6.45, 7) is 2.07. The second kappa shape index (κ2) is 9.58. The van der Waals surface area contributed by atoms with E-state index in [0.717, 1.165) is 5.56 Å². The molecule has 9 heteroatoms. The molecule has 29 heavy (non-hydrogen) atoms. The first-order valence-corrected chi connectivity index (χ1v) is 10.2. The van der Waals surface area contributed by atoms with Gasteiger partial charge in [0.25, 0.3) is 0 Å². The van der Waals surface area contributed by atoms with Crippen LogP contribution in [0, 0.1) is 0 Å². The fourth-order valence-corrected chi connectivity index (χ4v) is 3.36. The van der Waals surface area contributed by atoms with Crippen molar-refractivity contribution in [2.45, 2.75) is 12.1 Å². The minimum Gasteiger partial charge on any atom is -0.462 e. The number of ether oxygens (including phenoxy) is 1. The third-order valence-corrected chi connectivity index (χ3v) is 5.22. The summed E-state index contributed by atoms with van der Waals surface area (Å²) in [5, 5.41) is 12.4. The predicted octanol–water partition coefficient (Wildman–Crippen LogP) is 4.04. The van der Waals surface area contributed by atoms with Gasteiger partial charge in [0.05, 0.1) is 17.9 Å². The van der Waals surface area contributed by atoms with E-state index >= 15 is 0 Å². The van der Waals surface area contributed by atoms with Crippen LogP contribution >= 0.6 is 23.4 Å². The lowest BCUT2D eigenvalue weighted by Crippen LogP contribution is -2.14. The Hall–Kier alpha value is -2.84. The summed E-state index contributed by atoms with van der Waals surface area (Å²) in [4.78, 5) is 23.9. The molecule has 1 amide bonds. The van der Waals surface area contributed by atoms with Crippen LogP contribution in [-0.4, -0.2) is 39.0 Å². The van der Waals surface area contributed by atoms with Gasteiger partial charge in [-0.15, -0.1) is 10.2 Å². The lowest BCUT2D eigenvalue weighted by molar-refractivity contribution is -0.113. The van der Waals surface area contributed by atoms with Gasteiger partial charge in [0.15, 0.2) is 11.0 Å². The summed E-state index contributed by atoms with van der Waals surface area (Å²) in [7, 11) is 1.85. The average Bonchev–Trinajstić information content (AvgIpc) is 3.08. The molecule has 0 radical (unpaired) electrons. The molecule has 150 valence electrons. The molecule has 0 saturated carbocycles. The zero-order valence-corrected chi connectivity index (χ0v) is 17.5. The summed E-state index contributed by atoms with van der Waals surface area (Å²) in [5.74, 6) is 0.292. The number of esters is 1. The average molecular weight is 431 g/mol. The molecule has 3 rings (SSSR count). The van der Waals surface area contributed by atoms with E-state index in [0.29, 0.717) is 33.9 Å². The summed E-state index contributed by atoms with van der Waals surface area (Å²) >= 11 is 7.20. The van der Waals surface area contributed by atoms with Gasteiger partial charge in [0.1, 0.15) is 0 Å². The second-order valence-electron chi connectivity index (χ2n) is 6.01. The van der Waals surface area contributed by atoms with Gasteiger partial charge in [0.2, 0.25) is 5.91 Å². The minimum atomic E-state index is -0.389. The molecule has 0 spiro atoms. The fourth-order valence-electron chi connectivity index (χ4n) is 2.52. The fraction of sp³-hybridized carbons (Fsp3) is 0.200. The van der Waals surface area contributed by atoms with Gasteiger partial charge in [-0.1, -0.05) is 23.4 Å². The molecule has 1 heterocycles. The second-order valence-corrected chi connectivity index (χ2v) is 7.39. The molecule has 0 bridgehead atoms. The van der Waals surface area contributed by atoms with Crippen molar-refractivity contribution in [3.05, 3.63) is 59.1 Å². The zero-order chi connectivity index (χ0) is 20.8. The van der Waals surface area contributed by atoms with E-state index in [2.05, 4.69) is 15.5 Å². The number of anilines is 1. The van der Waals surface area contributed by atoms with E-state index in [1.807, 2.05) is 23.7 Å². The Morgan fingerprint density at radius 2 is 1.79 bits per heavy atom. The highest BCUT2D eigenvalue weighted by atomic mass is 35.5. The lowest BCUT2D eigenvalue weighted by atomic mass is 10.2. The van der Waals surface area contributed by atoms with Crippen molar-refractivity contribution in [2.75, 3.05) is 17.7 Å². The van der Waals surface area contributed by atoms with Gasteiger partial charge in [-0.05, 0) is 55.5 Å². The normalized spacial score (nSPS) is 10.6. The number of carbonyl (C=O) groups is 2. The van der Waals surface area contributed by atoms with Crippen LogP contribution in [0.3, 0.4) is 0 Å². The summed E-state index contributed by atoms with van der Waals surface area (Å²) in [6, 6.07) is 13.9. The summed E-state index contributed by atoms with van der Waals surface area (Å²) in [5.41, 5.74) is 1.93. The lowest BCUT2D eigenvalue weighted by Gasteiger charge is -2.07. The highest BCUT2D eigenvalue weighted by Gasteiger charge is 2.13. The van der Waals surface area contributed by atoms with Gasteiger partial charge in [-0.3, -0.25) is 4.79 Å². The van der Waals surface area contributed by atoms with E-state index in [4.69, 9.17) is 16.3 Å². The van der Waals surface area contributed by atoms with Crippen LogP contribution in [0.25, 0.3) is 11.4 Å². The van der Waals surface area contributed by atoms with Crippen LogP contribution in [0.4, 0.5) is 5.69 Å². The molecular formula is C20H19ClN4O3S. The molecule has 0 unspecified atom stereocenters.